The van der Waals surface area contributed by atoms with Crippen molar-refractivity contribution in [2.24, 2.45) is 4.99 Å². The summed E-state index contributed by atoms with van der Waals surface area (Å²) in [6.07, 6.45) is 0. The van der Waals surface area contributed by atoms with Crippen LogP contribution >= 0.6 is 34.3 Å². The van der Waals surface area contributed by atoms with Crippen LogP contribution < -0.4 is 4.80 Å². The zero-order valence-corrected chi connectivity index (χ0v) is 14.9. The summed E-state index contributed by atoms with van der Waals surface area (Å²) in [6, 6.07) is 9.33. The van der Waals surface area contributed by atoms with Crippen LogP contribution in [0.3, 0.4) is 0 Å². The minimum atomic E-state index is -0.220. The first kappa shape index (κ1) is 16.4. The Morgan fingerprint density at radius 3 is 3.00 bits per heavy atom. The van der Waals surface area contributed by atoms with Crippen LogP contribution in [0.15, 0.2) is 40.7 Å². The second-order valence-corrected chi connectivity index (χ2v) is 7.13. The van der Waals surface area contributed by atoms with Gasteiger partial charge in [0.2, 0.25) is 0 Å². The lowest BCUT2D eigenvalue weighted by molar-refractivity contribution is 0.100. The Labute approximate surface area is 146 Å². The average Bonchev–Trinajstić information content (AvgIpc) is 3.16. The van der Waals surface area contributed by atoms with Gasteiger partial charge < -0.3 is 9.30 Å². The number of carbonyl (C=O) groups excluding carboxylic acids is 1. The molecule has 0 atom stereocenters. The molecule has 2 heterocycles. The van der Waals surface area contributed by atoms with Gasteiger partial charge in [0.1, 0.15) is 0 Å². The molecule has 120 valence electrons. The van der Waals surface area contributed by atoms with Gasteiger partial charge in [-0.2, -0.15) is 4.99 Å². The SMILES string of the molecule is CCOCCn1c(=NC(=O)c2cccs2)sc2cc(Cl)ccc21. The molecule has 1 aromatic carbocycles. The molecule has 0 aliphatic carbocycles. The highest BCUT2D eigenvalue weighted by Gasteiger charge is 2.10. The number of aromatic nitrogens is 1. The molecule has 0 saturated heterocycles. The van der Waals surface area contributed by atoms with Crippen molar-refractivity contribution in [1.29, 1.82) is 0 Å². The molecule has 0 spiro atoms. The van der Waals surface area contributed by atoms with E-state index in [9.17, 15) is 4.79 Å². The van der Waals surface area contributed by atoms with Crippen molar-refractivity contribution in [1.82, 2.24) is 4.57 Å². The third-order valence-corrected chi connectivity index (χ3v) is 5.37. The first-order chi connectivity index (χ1) is 11.2. The van der Waals surface area contributed by atoms with E-state index in [-0.39, 0.29) is 5.91 Å². The minimum Gasteiger partial charge on any atom is -0.380 e. The fourth-order valence-electron chi connectivity index (χ4n) is 2.19. The zero-order valence-electron chi connectivity index (χ0n) is 12.5. The van der Waals surface area contributed by atoms with Crippen LogP contribution in [-0.2, 0) is 11.3 Å². The molecule has 0 saturated carbocycles. The normalized spacial score (nSPS) is 12.2. The van der Waals surface area contributed by atoms with Crippen LogP contribution in [0.25, 0.3) is 10.2 Å². The average molecular weight is 367 g/mol. The van der Waals surface area contributed by atoms with E-state index in [1.165, 1.54) is 22.7 Å². The lowest BCUT2D eigenvalue weighted by atomic mass is 10.3. The van der Waals surface area contributed by atoms with E-state index in [0.717, 1.165) is 10.2 Å². The molecule has 3 aromatic rings. The molecule has 0 unspecified atom stereocenters. The summed E-state index contributed by atoms with van der Waals surface area (Å²) in [5.74, 6) is -0.220. The number of halogens is 1. The van der Waals surface area contributed by atoms with Gasteiger partial charge in [-0.15, -0.1) is 11.3 Å². The lowest BCUT2D eigenvalue weighted by Crippen LogP contribution is -2.19. The van der Waals surface area contributed by atoms with Crippen molar-refractivity contribution < 1.29 is 9.53 Å². The molecule has 1 amide bonds. The number of thiophene rings is 1. The van der Waals surface area contributed by atoms with E-state index >= 15 is 0 Å². The summed E-state index contributed by atoms with van der Waals surface area (Å²) in [7, 11) is 0. The molecular weight excluding hydrogens is 352 g/mol. The number of amides is 1. The number of fused-ring (bicyclic) bond motifs is 1. The summed E-state index contributed by atoms with van der Waals surface area (Å²) in [5, 5.41) is 2.54. The molecule has 7 heteroatoms. The molecule has 3 rings (SSSR count). The number of hydrogen-bond donors (Lipinski definition) is 0. The van der Waals surface area contributed by atoms with Crippen LogP contribution in [0, 0.1) is 0 Å². The van der Waals surface area contributed by atoms with Crippen molar-refractivity contribution in [3.63, 3.8) is 0 Å². The highest BCUT2D eigenvalue weighted by atomic mass is 35.5. The van der Waals surface area contributed by atoms with Gasteiger partial charge in [-0.1, -0.05) is 29.0 Å². The fourth-order valence-corrected chi connectivity index (χ4v) is 4.13. The second kappa shape index (κ2) is 7.40. The number of benzene rings is 1. The molecule has 0 radical (unpaired) electrons. The first-order valence-electron chi connectivity index (χ1n) is 7.18. The van der Waals surface area contributed by atoms with E-state index in [2.05, 4.69) is 4.99 Å². The second-order valence-electron chi connectivity index (χ2n) is 4.74. The quantitative estimate of drug-likeness (QED) is 0.635. The summed E-state index contributed by atoms with van der Waals surface area (Å²) < 4.78 is 8.46. The molecule has 4 nitrogen and oxygen atoms in total. The smallest absolute Gasteiger partial charge is 0.289 e. The van der Waals surface area contributed by atoms with Crippen LogP contribution in [0.5, 0.6) is 0 Å². The first-order valence-corrected chi connectivity index (χ1v) is 9.25. The Kier molecular flexibility index (Phi) is 5.27. The number of nitrogens with zero attached hydrogens (tertiary/aromatic N) is 2. The predicted molar refractivity (Wildman–Crippen MR) is 95.5 cm³/mol. The van der Waals surface area contributed by atoms with Crippen molar-refractivity contribution >= 4 is 50.4 Å². The van der Waals surface area contributed by atoms with Gasteiger partial charge in [0, 0.05) is 18.2 Å². The fraction of sp³-hybridized carbons (Fsp3) is 0.250. The number of carbonyl (C=O) groups is 1. The van der Waals surface area contributed by atoms with Crippen LogP contribution in [-0.4, -0.2) is 23.7 Å². The van der Waals surface area contributed by atoms with E-state index < -0.39 is 0 Å². The molecular formula is C16H15ClN2O2S2. The van der Waals surface area contributed by atoms with Crippen molar-refractivity contribution in [3.8, 4) is 0 Å². The summed E-state index contributed by atoms with van der Waals surface area (Å²) >= 11 is 8.93. The maximum atomic E-state index is 12.3. The molecule has 2 aromatic heterocycles. The van der Waals surface area contributed by atoms with Gasteiger partial charge in [0.15, 0.2) is 4.80 Å². The molecule has 0 bridgehead atoms. The van der Waals surface area contributed by atoms with Crippen LogP contribution in [0.2, 0.25) is 5.02 Å². The molecule has 0 N–H and O–H groups in total. The van der Waals surface area contributed by atoms with E-state index in [1.54, 1.807) is 6.07 Å². The molecule has 0 aliphatic heterocycles. The lowest BCUT2D eigenvalue weighted by Gasteiger charge is -2.05. The minimum absolute atomic E-state index is 0.220. The maximum absolute atomic E-state index is 12.3. The maximum Gasteiger partial charge on any atom is 0.289 e. The van der Waals surface area contributed by atoms with E-state index in [4.69, 9.17) is 16.3 Å². The van der Waals surface area contributed by atoms with Crippen molar-refractivity contribution in [3.05, 3.63) is 50.4 Å². The van der Waals surface area contributed by atoms with Crippen molar-refractivity contribution in [2.75, 3.05) is 13.2 Å². The molecule has 0 fully saturated rings. The number of thiazole rings is 1. The van der Waals surface area contributed by atoms with Crippen molar-refractivity contribution in [2.45, 2.75) is 13.5 Å². The van der Waals surface area contributed by atoms with Gasteiger partial charge in [-0.05, 0) is 36.6 Å². The zero-order chi connectivity index (χ0) is 16.2. The van der Waals surface area contributed by atoms with Crippen LogP contribution in [0.4, 0.5) is 0 Å². The highest BCUT2D eigenvalue weighted by Crippen LogP contribution is 2.22. The topological polar surface area (TPSA) is 43.6 Å². The largest absolute Gasteiger partial charge is 0.380 e. The molecule has 23 heavy (non-hydrogen) atoms. The van der Waals surface area contributed by atoms with Gasteiger partial charge in [-0.25, -0.2) is 0 Å². The Bertz CT molecular complexity index is 881. The third-order valence-electron chi connectivity index (χ3n) is 3.24. The van der Waals surface area contributed by atoms with Crippen LogP contribution in [0.1, 0.15) is 16.6 Å². The van der Waals surface area contributed by atoms with E-state index in [0.29, 0.717) is 34.5 Å². The number of hydrogen-bond acceptors (Lipinski definition) is 4. The highest BCUT2D eigenvalue weighted by molar-refractivity contribution is 7.16. The third kappa shape index (κ3) is 3.72. The van der Waals surface area contributed by atoms with Gasteiger partial charge in [-0.3, -0.25) is 4.79 Å². The van der Waals surface area contributed by atoms with E-state index in [1.807, 2.05) is 41.1 Å². The monoisotopic (exact) mass is 366 g/mol. The summed E-state index contributed by atoms with van der Waals surface area (Å²) in [6.45, 7) is 3.84. The number of rotatable bonds is 5. The molecule has 0 aliphatic rings. The van der Waals surface area contributed by atoms with Gasteiger partial charge in [0.25, 0.3) is 5.91 Å². The standard InChI is InChI=1S/C16H15ClN2O2S2/c1-2-21-8-7-19-12-6-5-11(17)10-14(12)23-16(19)18-15(20)13-4-3-9-22-13/h3-6,9-10H,2,7-8H2,1H3. The number of ether oxygens (including phenoxy) is 1. The Hall–Kier alpha value is -1.47. The summed E-state index contributed by atoms with van der Waals surface area (Å²) in [5.41, 5.74) is 1.01. The van der Waals surface area contributed by atoms with Gasteiger partial charge in [0.05, 0.1) is 21.7 Å². The van der Waals surface area contributed by atoms with Gasteiger partial charge >= 0.3 is 0 Å². The summed E-state index contributed by atoms with van der Waals surface area (Å²) in [4.78, 5) is 17.9. The Morgan fingerprint density at radius 1 is 1.39 bits per heavy atom. The predicted octanol–water partition coefficient (Wildman–Crippen LogP) is 4.20. The Balaban J connectivity index is 2.06. The Morgan fingerprint density at radius 2 is 2.26 bits per heavy atom.